The van der Waals surface area contributed by atoms with Gasteiger partial charge in [-0.2, -0.15) is 11.8 Å². The molecule has 2 N–H and O–H groups in total. The van der Waals surface area contributed by atoms with Crippen molar-refractivity contribution in [3.8, 4) is 0 Å². The van der Waals surface area contributed by atoms with Gasteiger partial charge in [0, 0.05) is 27.3 Å². The van der Waals surface area contributed by atoms with Crippen LogP contribution in [-0.4, -0.2) is 46.1 Å². The molecule has 19 heavy (non-hydrogen) atoms. The van der Waals surface area contributed by atoms with E-state index in [1.54, 1.807) is 17.8 Å². The molecule has 5 nitrogen and oxygen atoms in total. The van der Waals surface area contributed by atoms with Crippen LogP contribution >= 0.6 is 34.4 Å². The number of carbonyl (C=O) groups is 2. The number of anilines is 1. The molecule has 7 heteroatoms. The highest BCUT2D eigenvalue weighted by molar-refractivity contribution is 14.1. The number of thioether (sulfide) groups is 1. The minimum Gasteiger partial charge on any atom is -0.480 e. The summed E-state index contributed by atoms with van der Waals surface area (Å²) in [5.41, 5.74) is 0.680. The third-order valence-electron chi connectivity index (χ3n) is 2.75. The zero-order valence-corrected chi connectivity index (χ0v) is 13.0. The van der Waals surface area contributed by atoms with Crippen LogP contribution in [0, 0.1) is 3.57 Å². The molecule has 1 aromatic carbocycles. The lowest BCUT2D eigenvalue weighted by Crippen LogP contribution is -2.51. The number of carboxylic acids is 1. The van der Waals surface area contributed by atoms with E-state index >= 15 is 0 Å². The Morgan fingerprint density at radius 2 is 2.26 bits per heavy atom. The van der Waals surface area contributed by atoms with Crippen LogP contribution in [0.5, 0.6) is 0 Å². The van der Waals surface area contributed by atoms with Crippen LogP contribution in [0.15, 0.2) is 24.3 Å². The minimum atomic E-state index is -0.954. The molecule has 1 unspecified atom stereocenters. The summed E-state index contributed by atoms with van der Waals surface area (Å²) in [6, 6.07) is 6.30. The van der Waals surface area contributed by atoms with Crippen molar-refractivity contribution >= 4 is 52.0 Å². The third kappa shape index (κ3) is 3.75. The van der Waals surface area contributed by atoms with E-state index in [0.29, 0.717) is 18.0 Å². The van der Waals surface area contributed by atoms with Gasteiger partial charge in [-0.05, 0) is 40.8 Å². The topological polar surface area (TPSA) is 69.6 Å². The van der Waals surface area contributed by atoms with E-state index in [4.69, 9.17) is 5.11 Å². The summed E-state index contributed by atoms with van der Waals surface area (Å²) in [7, 11) is 0. The molecule has 1 aliphatic rings. The van der Waals surface area contributed by atoms with Crippen molar-refractivity contribution < 1.29 is 14.7 Å². The summed E-state index contributed by atoms with van der Waals surface area (Å²) in [4.78, 5) is 24.7. The van der Waals surface area contributed by atoms with Crippen molar-refractivity contribution in [1.29, 1.82) is 0 Å². The van der Waals surface area contributed by atoms with Crippen LogP contribution in [0.3, 0.4) is 0 Å². The zero-order valence-electron chi connectivity index (χ0n) is 10.0. The second-order valence-electron chi connectivity index (χ2n) is 4.06. The summed E-state index contributed by atoms with van der Waals surface area (Å²) in [5, 5.41) is 11.9. The van der Waals surface area contributed by atoms with Crippen LogP contribution in [0.2, 0.25) is 0 Å². The second-order valence-corrected chi connectivity index (χ2v) is 6.46. The van der Waals surface area contributed by atoms with Gasteiger partial charge in [-0.25, -0.2) is 9.59 Å². The quantitative estimate of drug-likeness (QED) is 0.759. The number of hydrogen-bond donors (Lipinski definition) is 2. The maximum Gasteiger partial charge on any atom is 0.327 e. The number of rotatable bonds is 2. The van der Waals surface area contributed by atoms with E-state index in [1.165, 1.54) is 4.90 Å². The van der Waals surface area contributed by atoms with Crippen LogP contribution in [0.4, 0.5) is 10.5 Å². The maximum absolute atomic E-state index is 12.1. The van der Waals surface area contributed by atoms with Crippen molar-refractivity contribution in [3.63, 3.8) is 0 Å². The number of urea groups is 1. The first-order valence-electron chi connectivity index (χ1n) is 5.71. The SMILES string of the molecule is O=C(O)C1CSCCN1C(=O)Nc1cccc(I)c1. The van der Waals surface area contributed by atoms with E-state index < -0.39 is 12.0 Å². The van der Waals surface area contributed by atoms with Gasteiger partial charge in [0.25, 0.3) is 0 Å². The molecule has 0 bridgehead atoms. The first kappa shape index (κ1) is 14.4. The molecule has 0 spiro atoms. The monoisotopic (exact) mass is 392 g/mol. The van der Waals surface area contributed by atoms with Crippen molar-refractivity contribution in [3.05, 3.63) is 27.8 Å². The number of carbonyl (C=O) groups excluding carboxylic acids is 1. The first-order chi connectivity index (χ1) is 9.08. The van der Waals surface area contributed by atoms with E-state index in [0.717, 1.165) is 9.32 Å². The van der Waals surface area contributed by atoms with Crippen LogP contribution in [-0.2, 0) is 4.79 Å². The third-order valence-corrected chi connectivity index (χ3v) is 4.44. The summed E-state index contributed by atoms with van der Waals surface area (Å²) in [6.07, 6.45) is 0. The number of amides is 2. The lowest BCUT2D eigenvalue weighted by Gasteiger charge is -2.32. The first-order valence-corrected chi connectivity index (χ1v) is 7.95. The number of halogens is 1. The Kier molecular flexibility index (Phi) is 4.92. The van der Waals surface area contributed by atoms with Crippen molar-refractivity contribution in [1.82, 2.24) is 4.90 Å². The van der Waals surface area contributed by atoms with Crippen LogP contribution in [0.1, 0.15) is 0 Å². The molecule has 0 aromatic heterocycles. The van der Waals surface area contributed by atoms with Crippen molar-refractivity contribution in [2.24, 2.45) is 0 Å². The lowest BCUT2D eigenvalue weighted by molar-refractivity contribution is -0.141. The summed E-state index contributed by atoms with van der Waals surface area (Å²) in [6.45, 7) is 0.456. The number of nitrogens with zero attached hydrogens (tertiary/aromatic N) is 1. The smallest absolute Gasteiger partial charge is 0.327 e. The Bertz CT molecular complexity index is 498. The van der Waals surface area contributed by atoms with Gasteiger partial charge in [-0.1, -0.05) is 6.07 Å². The number of aliphatic carboxylic acids is 1. The highest BCUT2D eigenvalue weighted by Crippen LogP contribution is 2.19. The molecule has 1 atom stereocenters. The van der Waals surface area contributed by atoms with Gasteiger partial charge in [0.1, 0.15) is 6.04 Å². The van der Waals surface area contributed by atoms with Gasteiger partial charge < -0.3 is 15.3 Å². The average molecular weight is 392 g/mol. The van der Waals surface area contributed by atoms with Gasteiger partial charge in [0.2, 0.25) is 0 Å². The van der Waals surface area contributed by atoms with Crippen LogP contribution in [0.25, 0.3) is 0 Å². The highest BCUT2D eigenvalue weighted by Gasteiger charge is 2.32. The van der Waals surface area contributed by atoms with E-state index in [2.05, 4.69) is 27.9 Å². The molecule has 0 aliphatic carbocycles. The molecule has 0 radical (unpaired) electrons. The molecule has 1 saturated heterocycles. The lowest BCUT2D eigenvalue weighted by atomic mass is 10.3. The molecule has 2 amide bonds. The van der Waals surface area contributed by atoms with Gasteiger partial charge in [-0.15, -0.1) is 0 Å². The maximum atomic E-state index is 12.1. The van der Waals surface area contributed by atoms with Crippen LogP contribution < -0.4 is 5.32 Å². The minimum absolute atomic E-state index is 0.352. The van der Waals surface area contributed by atoms with Gasteiger partial charge in [0.05, 0.1) is 0 Å². The Morgan fingerprint density at radius 3 is 2.95 bits per heavy atom. The fourth-order valence-corrected chi connectivity index (χ4v) is 3.39. The van der Waals surface area contributed by atoms with Crippen molar-refractivity contribution in [2.75, 3.05) is 23.4 Å². The summed E-state index contributed by atoms with van der Waals surface area (Å²) >= 11 is 3.72. The Labute approximate surface area is 128 Å². The van der Waals surface area contributed by atoms with E-state index in [-0.39, 0.29) is 6.03 Å². The molecular weight excluding hydrogens is 379 g/mol. The number of carboxylic acid groups (broad SMARTS) is 1. The Balaban J connectivity index is 2.07. The predicted octanol–water partition coefficient (Wildman–Crippen LogP) is 2.33. The molecule has 1 aliphatic heterocycles. The molecular formula is C12H13IN2O3S. The van der Waals surface area contributed by atoms with Gasteiger partial charge in [-0.3, -0.25) is 0 Å². The van der Waals surface area contributed by atoms with E-state index in [9.17, 15) is 9.59 Å². The van der Waals surface area contributed by atoms with Gasteiger partial charge in [0.15, 0.2) is 0 Å². The average Bonchev–Trinajstić information content (AvgIpc) is 2.38. The molecule has 102 valence electrons. The molecule has 0 saturated carbocycles. The normalized spacial score (nSPS) is 19.0. The highest BCUT2D eigenvalue weighted by atomic mass is 127. The largest absolute Gasteiger partial charge is 0.480 e. The fourth-order valence-electron chi connectivity index (χ4n) is 1.81. The Hall–Kier alpha value is -0.960. The van der Waals surface area contributed by atoms with Gasteiger partial charge >= 0.3 is 12.0 Å². The van der Waals surface area contributed by atoms with E-state index in [1.807, 2.05) is 18.2 Å². The summed E-state index contributed by atoms with van der Waals surface area (Å²) in [5.74, 6) is 0.253. The molecule has 1 fully saturated rings. The Morgan fingerprint density at radius 1 is 1.47 bits per heavy atom. The standard InChI is InChI=1S/C12H13IN2O3S/c13-8-2-1-3-9(6-8)14-12(18)15-4-5-19-7-10(15)11(16)17/h1-3,6,10H,4-5,7H2,(H,14,18)(H,16,17). The number of nitrogens with one attached hydrogen (secondary N) is 1. The number of benzene rings is 1. The molecule has 1 heterocycles. The second kappa shape index (κ2) is 6.47. The summed E-state index contributed by atoms with van der Waals surface area (Å²) < 4.78 is 1.01. The fraction of sp³-hybridized carbons (Fsp3) is 0.333. The predicted molar refractivity (Wildman–Crippen MR) is 83.6 cm³/mol. The zero-order chi connectivity index (χ0) is 13.8. The number of hydrogen-bond acceptors (Lipinski definition) is 3. The molecule has 2 rings (SSSR count). The molecule has 1 aromatic rings. The van der Waals surface area contributed by atoms with Crippen molar-refractivity contribution in [2.45, 2.75) is 6.04 Å².